The molecule has 1 aliphatic carbocycles. The van der Waals surface area contributed by atoms with Gasteiger partial charge in [-0.25, -0.2) is 0 Å². The molecule has 2 nitrogen and oxygen atoms in total. The van der Waals surface area contributed by atoms with Gasteiger partial charge in [0, 0.05) is 0 Å². The molecule has 0 radical (unpaired) electrons. The minimum Gasteiger partial charge on any atom is -1.00 e. The Labute approximate surface area is 211 Å². The number of amides is 1. The van der Waals surface area contributed by atoms with Crippen LogP contribution in [-0.2, 0) is 22.2 Å². The zero-order valence-electron chi connectivity index (χ0n) is 18.6. The summed E-state index contributed by atoms with van der Waals surface area (Å²) in [6, 6.07) is 30.4. The number of allylic oxidation sites excluding steroid dienone is 1. The third-order valence-corrected chi connectivity index (χ3v) is 19.1. The van der Waals surface area contributed by atoms with Crippen LogP contribution >= 0.6 is 0 Å². The van der Waals surface area contributed by atoms with E-state index in [0.29, 0.717) is 4.22 Å². The molecule has 0 bridgehead atoms. The predicted molar refractivity (Wildman–Crippen MR) is 125 cm³/mol. The van der Waals surface area contributed by atoms with E-state index in [2.05, 4.69) is 101 Å². The van der Waals surface area contributed by atoms with E-state index in [4.69, 9.17) is 0 Å². The van der Waals surface area contributed by atoms with Gasteiger partial charge < -0.3 is 24.8 Å². The quantitative estimate of drug-likeness (QED) is 0.390. The van der Waals surface area contributed by atoms with Crippen LogP contribution in [0.2, 0.25) is 0 Å². The Morgan fingerprint density at radius 1 is 0.812 bits per heavy atom. The van der Waals surface area contributed by atoms with Crippen molar-refractivity contribution in [1.29, 1.82) is 0 Å². The number of rotatable bonds is 5. The second kappa shape index (κ2) is 11.5. The summed E-state index contributed by atoms with van der Waals surface area (Å²) in [5.41, 5.74) is 2.28. The van der Waals surface area contributed by atoms with E-state index in [1.807, 2.05) is 20.8 Å². The van der Waals surface area contributed by atoms with Gasteiger partial charge in [0.15, 0.2) is 0 Å². The molecule has 0 fully saturated rings. The topological polar surface area (TPSA) is 29.1 Å². The van der Waals surface area contributed by atoms with Crippen LogP contribution in [0.15, 0.2) is 91.0 Å². The maximum atomic E-state index is 13.2. The first kappa shape index (κ1) is 26.6. The molecule has 0 heterocycles. The molecule has 0 saturated heterocycles. The zero-order valence-corrected chi connectivity index (χ0v) is 22.8. The van der Waals surface area contributed by atoms with Crippen molar-refractivity contribution in [3.63, 3.8) is 0 Å². The number of carbonyl (C=O) groups is 1. The summed E-state index contributed by atoms with van der Waals surface area (Å²) in [7, 11) is 0. The van der Waals surface area contributed by atoms with Gasteiger partial charge in [0.05, 0.1) is 0 Å². The Balaban J connectivity index is 0.00000181. The molecule has 1 N–H and O–H groups in total. The fraction of sp³-hybridized carbons (Fsp3) is 0.192. The molecule has 165 valence electrons. The summed E-state index contributed by atoms with van der Waals surface area (Å²) in [6.07, 6.45) is 4.60. The SMILES string of the molecule is CC(C)(C)C(=O)[NH][Ti+2]([CH]1C=Cc2ccccc21)[SiH](c1ccccc1)c1ccccc1.[Cl-].[Cl-]. The van der Waals surface area contributed by atoms with Crippen molar-refractivity contribution in [2.45, 2.75) is 25.0 Å². The van der Waals surface area contributed by atoms with Crippen LogP contribution in [0, 0.1) is 5.41 Å². The smallest absolute Gasteiger partial charge is 1.00 e. The van der Waals surface area contributed by atoms with Crippen LogP contribution < -0.4 is 39.0 Å². The van der Waals surface area contributed by atoms with Crippen LogP contribution in [0.5, 0.6) is 0 Å². The van der Waals surface area contributed by atoms with E-state index < -0.39 is 29.5 Å². The second-order valence-electron chi connectivity index (χ2n) is 8.88. The van der Waals surface area contributed by atoms with Crippen molar-refractivity contribution in [3.8, 4) is 0 Å². The molecule has 1 amide bonds. The molecule has 1 aliphatic rings. The van der Waals surface area contributed by atoms with Crippen molar-refractivity contribution in [1.82, 2.24) is 3.80 Å². The average Bonchev–Trinajstić information content (AvgIpc) is 3.18. The number of nitrogens with one attached hydrogen (secondary N) is 1. The largest absolute Gasteiger partial charge is 1.00 e. The fourth-order valence-electron chi connectivity index (χ4n) is 4.01. The summed E-state index contributed by atoms with van der Waals surface area (Å²) in [5, 5.41) is 2.84. The van der Waals surface area contributed by atoms with Gasteiger partial charge >= 0.3 is 188 Å². The Hall–Kier alpha value is -1.62. The van der Waals surface area contributed by atoms with E-state index in [1.165, 1.54) is 21.5 Å². The van der Waals surface area contributed by atoms with Crippen molar-refractivity contribution in [2.24, 2.45) is 5.41 Å². The van der Waals surface area contributed by atoms with Gasteiger partial charge in [-0.15, -0.1) is 0 Å². The third-order valence-electron chi connectivity index (χ3n) is 5.65. The summed E-state index contributed by atoms with van der Waals surface area (Å²) < 4.78 is 4.01. The summed E-state index contributed by atoms with van der Waals surface area (Å²) in [5.74, 6) is 0.180. The minimum absolute atomic E-state index is 0. The number of hydrogen-bond acceptors (Lipinski definition) is 1. The second-order valence-corrected chi connectivity index (χ2v) is 19.1. The molecule has 0 aromatic heterocycles. The molecule has 0 spiro atoms. The monoisotopic (exact) mass is 516 g/mol. The molecule has 3 aromatic carbocycles. The maximum Gasteiger partial charge on any atom is -1.00 e. The van der Waals surface area contributed by atoms with Gasteiger partial charge in [-0.1, -0.05) is 0 Å². The zero-order chi connectivity index (χ0) is 21.1. The van der Waals surface area contributed by atoms with Gasteiger partial charge in [-0.05, 0) is 0 Å². The Kier molecular flexibility index (Phi) is 9.56. The Morgan fingerprint density at radius 2 is 1.31 bits per heavy atom. The van der Waals surface area contributed by atoms with E-state index in [1.54, 1.807) is 0 Å². The van der Waals surface area contributed by atoms with Gasteiger partial charge in [0.1, 0.15) is 0 Å². The van der Waals surface area contributed by atoms with Crippen LogP contribution in [0.25, 0.3) is 6.08 Å². The molecule has 1 atom stereocenters. The minimum atomic E-state index is -2.16. The summed E-state index contributed by atoms with van der Waals surface area (Å²) >= 11 is -2.16. The average molecular weight is 517 g/mol. The Morgan fingerprint density at radius 3 is 1.84 bits per heavy atom. The normalized spacial score (nSPS) is 14.2. The number of hydrogen-bond donors (Lipinski definition) is 1. The van der Waals surface area contributed by atoms with Crippen LogP contribution in [-0.4, -0.2) is 12.6 Å². The van der Waals surface area contributed by atoms with Crippen LogP contribution in [0.3, 0.4) is 0 Å². The van der Waals surface area contributed by atoms with Crippen molar-refractivity contribution in [3.05, 3.63) is 102 Å². The maximum absolute atomic E-state index is 13.2. The van der Waals surface area contributed by atoms with Gasteiger partial charge in [0.2, 0.25) is 0 Å². The van der Waals surface area contributed by atoms with Gasteiger partial charge in [-0.3, -0.25) is 0 Å². The summed E-state index contributed by atoms with van der Waals surface area (Å²) in [4.78, 5) is 13.2. The van der Waals surface area contributed by atoms with Crippen LogP contribution in [0.1, 0.15) is 36.1 Å². The standard InChI is InChI=1S/C12H11Si.C9H7.C5H11NO.2ClH.Ti/c1-3-7-11(8-4-1)13-12-9-5-2-6-10-12;1-2-5-9-7-3-6-8(9)4-1;1-5(2,3)4(6)7;;;/h1-10,13H;1-7H;1-3H3,(H2,6,7);2*1H;/q;;;;;+3/p-3. The predicted octanol–water partition coefficient (Wildman–Crippen LogP) is -2.00. The number of carbonyl (C=O) groups excluding carboxylic acids is 1. The van der Waals surface area contributed by atoms with E-state index >= 15 is 0 Å². The number of fused-ring (bicyclic) bond motifs is 1. The first-order valence-electron chi connectivity index (χ1n) is 10.5. The van der Waals surface area contributed by atoms with Crippen molar-refractivity contribution < 1.29 is 47.0 Å². The summed E-state index contributed by atoms with van der Waals surface area (Å²) in [6.45, 7) is 4.41. The molecule has 0 aliphatic heterocycles. The fourth-order valence-corrected chi connectivity index (χ4v) is 18.7. The molecule has 3 aromatic rings. The molecule has 4 rings (SSSR count). The Bertz CT molecular complexity index is 1010. The van der Waals surface area contributed by atoms with Gasteiger partial charge in [0.25, 0.3) is 0 Å². The van der Waals surface area contributed by atoms with E-state index in [-0.39, 0.29) is 30.7 Å². The molecule has 32 heavy (non-hydrogen) atoms. The number of halogens is 2. The van der Waals surface area contributed by atoms with E-state index in [9.17, 15) is 4.79 Å². The van der Waals surface area contributed by atoms with Crippen LogP contribution in [0.4, 0.5) is 0 Å². The van der Waals surface area contributed by atoms with E-state index in [0.717, 1.165) is 0 Å². The number of benzene rings is 3. The van der Waals surface area contributed by atoms with Crippen molar-refractivity contribution >= 4 is 29.0 Å². The molecule has 1 unspecified atom stereocenters. The third kappa shape index (κ3) is 5.84. The first-order valence-corrected chi connectivity index (χ1v) is 16.6. The van der Waals surface area contributed by atoms with Crippen molar-refractivity contribution in [2.75, 3.05) is 0 Å². The van der Waals surface area contributed by atoms with Gasteiger partial charge in [-0.2, -0.15) is 0 Å². The molecular weight excluding hydrogens is 489 g/mol. The molecular formula is C26H28Cl2NOSiTi. The molecule has 6 heteroatoms. The molecule has 0 saturated carbocycles. The first-order chi connectivity index (χ1) is 14.4.